The lowest BCUT2D eigenvalue weighted by molar-refractivity contribution is 0.477. The third-order valence-corrected chi connectivity index (χ3v) is 7.48. The third kappa shape index (κ3) is 3.71. The minimum atomic E-state index is -3.48. The highest BCUT2D eigenvalue weighted by molar-refractivity contribution is 7.99. The standard InChI is InChI=1S/C19H15ClN4O2S2/c20-14-3-5-17-16(10-14)13(11-21)9-19(23-17)27-18-6-4-15(12-22-18)28(25,26)24-7-1-2-8-24/h3-6,9-10,12H,1-2,7-8H2. The van der Waals surface area contributed by atoms with Crippen molar-refractivity contribution in [3.05, 3.63) is 53.2 Å². The smallest absolute Gasteiger partial charge is 0.244 e. The van der Waals surface area contributed by atoms with E-state index < -0.39 is 10.0 Å². The molecule has 0 radical (unpaired) electrons. The summed E-state index contributed by atoms with van der Waals surface area (Å²) in [6, 6.07) is 12.3. The van der Waals surface area contributed by atoms with Crippen LogP contribution in [0, 0.1) is 11.3 Å². The van der Waals surface area contributed by atoms with Crippen molar-refractivity contribution in [1.82, 2.24) is 14.3 Å². The Labute approximate surface area is 172 Å². The number of pyridine rings is 2. The molecule has 0 atom stereocenters. The summed E-state index contributed by atoms with van der Waals surface area (Å²) in [6.45, 7) is 1.11. The molecule has 1 saturated heterocycles. The summed E-state index contributed by atoms with van der Waals surface area (Å²) in [5.41, 5.74) is 1.14. The highest BCUT2D eigenvalue weighted by Gasteiger charge is 2.27. The highest BCUT2D eigenvalue weighted by atomic mass is 35.5. The molecule has 0 spiro atoms. The van der Waals surface area contributed by atoms with Crippen molar-refractivity contribution in [2.45, 2.75) is 27.8 Å². The number of benzene rings is 1. The first kappa shape index (κ1) is 19.2. The van der Waals surface area contributed by atoms with Crippen molar-refractivity contribution in [3.8, 4) is 6.07 Å². The van der Waals surface area contributed by atoms with Crippen molar-refractivity contribution in [3.63, 3.8) is 0 Å². The number of nitriles is 1. The van der Waals surface area contributed by atoms with E-state index in [-0.39, 0.29) is 4.90 Å². The summed E-state index contributed by atoms with van der Waals surface area (Å²) < 4.78 is 26.7. The van der Waals surface area contributed by atoms with E-state index in [9.17, 15) is 13.7 Å². The van der Waals surface area contributed by atoms with Crippen LogP contribution < -0.4 is 0 Å². The Bertz CT molecular complexity index is 1190. The first-order chi connectivity index (χ1) is 13.5. The fraction of sp³-hybridized carbons (Fsp3) is 0.211. The molecule has 1 fully saturated rings. The molecule has 142 valence electrons. The van der Waals surface area contributed by atoms with E-state index >= 15 is 0 Å². The molecular formula is C19H15ClN4O2S2. The van der Waals surface area contributed by atoms with E-state index in [1.807, 2.05) is 0 Å². The zero-order valence-electron chi connectivity index (χ0n) is 14.7. The number of aromatic nitrogens is 2. The van der Waals surface area contributed by atoms with E-state index in [1.54, 1.807) is 36.4 Å². The van der Waals surface area contributed by atoms with Gasteiger partial charge < -0.3 is 0 Å². The van der Waals surface area contributed by atoms with Crippen molar-refractivity contribution in [2.75, 3.05) is 13.1 Å². The molecule has 3 aromatic rings. The van der Waals surface area contributed by atoms with Gasteiger partial charge in [-0.25, -0.2) is 18.4 Å². The Hall–Kier alpha value is -2.18. The summed E-state index contributed by atoms with van der Waals surface area (Å²) in [6.07, 6.45) is 3.16. The van der Waals surface area contributed by atoms with Gasteiger partial charge in [0.05, 0.1) is 17.1 Å². The molecule has 0 bridgehead atoms. The van der Waals surface area contributed by atoms with Gasteiger partial charge in [0.2, 0.25) is 10.0 Å². The van der Waals surface area contributed by atoms with Crippen molar-refractivity contribution < 1.29 is 8.42 Å². The number of rotatable bonds is 4. The molecule has 1 aliphatic heterocycles. The monoisotopic (exact) mass is 430 g/mol. The number of nitrogens with zero attached hydrogens (tertiary/aromatic N) is 4. The van der Waals surface area contributed by atoms with Crippen LogP contribution in [0.25, 0.3) is 10.9 Å². The summed E-state index contributed by atoms with van der Waals surface area (Å²) in [5.74, 6) is 0. The second kappa shape index (κ2) is 7.68. The Balaban J connectivity index is 1.61. The van der Waals surface area contributed by atoms with Gasteiger partial charge in [-0.15, -0.1) is 0 Å². The first-order valence-electron chi connectivity index (χ1n) is 8.62. The Morgan fingerprint density at radius 3 is 2.57 bits per heavy atom. The molecule has 3 heterocycles. The molecule has 0 N–H and O–H groups in total. The highest BCUT2D eigenvalue weighted by Crippen LogP contribution is 2.30. The molecule has 0 unspecified atom stereocenters. The average Bonchev–Trinajstić information content (AvgIpc) is 3.24. The molecule has 2 aromatic heterocycles. The molecule has 28 heavy (non-hydrogen) atoms. The van der Waals surface area contributed by atoms with Crippen LogP contribution in [-0.4, -0.2) is 35.8 Å². The summed E-state index contributed by atoms with van der Waals surface area (Å²) in [4.78, 5) is 9.01. The van der Waals surface area contributed by atoms with Crippen LogP contribution in [0.1, 0.15) is 18.4 Å². The minimum Gasteiger partial charge on any atom is -0.248 e. The van der Waals surface area contributed by atoms with Gasteiger partial charge in [0.25, 0.3) is 0 Å². The molecule has 9 heteroatoms. The van der Waals surface area contributed by atoms with Crippen LogP contribution in [0.5, 0.6) is 0 Å². The number of fused-ring (bicyclic) bond motifs is 1. The Morgan fingerprint density at radius 1 is 1.11 bits per heavy atom. The largest absolute Gasteiger partial charge is 0.248 e. The number of hydrogen-bond acceptors (Lipinski definition) is 6. The predicted octanol–water partition coefficient (Wildman–Crippen LogP) is 4.09. The normalized spacial score (nSPS) is 15.0. The molecular weight excluding hydrogens is 416 g/mol. The van der Waals surface area contributed by atoms with E-state index in [2.05, 4.69) is 16.0 Å². The maximum absolute atomic E-state index is 12.6. The third-order valence-electron chi connectivity index (χ3n) is 4.49. The van der Waals surface area contributed by atoms with Crippen molar-refractivity contribution in [1.29, 1.82) is 5.26 Å². The van der Waals surface area contributed by atoms with Crippen LogP contribution in [0.3, 0.4) is 0 Å². The maximum Gasteiger partial charge on any atom is 0.244 e. The molecule has 0 aliphatic carbocycles. The lowest BCUT2D eigenvalue weighted by Gasteiger charge is -2.15. The Kier molecular flexibility index (Phi) is 5.25. The lowest BCUT2D eigenvalue weighted by atomic mass is 10.1. The van der Waals surface area contributed by atoms with E-state index in [1.165, 1.54) is 22.3 Å². The van der Waals surface area contributed by atoms with Gasteiger partial charge in [-0.1, -0.05) is 23.4 Å². The lowest BCUT2D eigenvalue weighted by Crippen LogP contribution is -2.27. The van der Waals surface area contributed by atoms with Gasteiger partial charge in [0, 0.05) is 29.7 Å². The van der Waals surface area contributed by atoms with Gasteiger partial charge in [0.1, 0.15) is 14.9 Å². The average molecular weight is 431 g/mol. The van der Waals surface area contributed by atoms with Crippen LogP contribution in [-0.2, 0) is 10.0 Å². The van der Waals surface area contributed by atoms with E-state index in [4.69, 9.17) is 11.6 Å². The van der Waals surface area contributed by atoms with E-state index in [0.717, 1.165) is 12.8 Å². The van der Waals surface area contributed by atoms with Gasteiger partial charge in [-0.2, -0.15) is 9.57 Å². The number of hydrogen-bond donors (Lipinski definition) is 0. The van der Waals surface area contributed by atoms with Crippen LogP contribution in [0.15, 0.2) is 57.5 Å². The topological polar surface area (TPSA) is 87.0 Å². The molecule has 0 amide bonds. The van der Waals surface area contributed by atoms with Crippen LogP contribution in [0.2, 0.25) is 5.02 Å². The van der Waals surface area contributed by atoms with Gasteiger partial charge in [0.15, 0.2) is 0 Å². The molecule has 4 rings (SSSR count). The number of sulfonamides is 1. The van der Waals surface area contributed by atoms with Gasteiger partial charge in [-0.05, 0) is 49.2 Å². The summed E-state index contributed by atoms with van der Waals surface area (Å²) in [5, 5.41) is 11.9. The SMILES string of the molecule is N#Cc1cc(Sc2ccc(S(=O)(=O)N3CCCC3)cn2)nc2ccc(Cl)cc12. The van der Waals surface area contributed by atoms with Crippen molar-refractivity contribution in [2.24, 2.45) is 0 Å². The fourth-order valence-electron chi connectivity index (χ4n) is 3.08. The van der Waals surface area contributed by atoms with Gasteiger partial charge in [-0.3, -0.25) is 0 Å². The number of halogens is 1. The van der Waals surface area contributed by atoms with Crippen molar-refractivity contribution >= 4 is 44.3 Å². The molecule has 6 nitrogen and oxygen atoms in total. The van der Waals surface area contributed by atoms with E-state index in [0.29, 0.717) is 44.6 Å². The molecule has 0 saturated carbocycles. The summed E-state index contributed by atoms with van der Waals surface area (Å²) in [7, 11) is -3.48. The summed E-state index contributed by atoms with van der Waals surface area (Å²) >= 11 is 7.28. The molecule has 1 aliphatic rings. The van der Waals surface area contributed by atoms with Crippen LogP contribution in [0.4, 0.5) is 0 Å². The molecule has 1 aromatic carbocycles. The Morgan fingerprint density at radius 2 is 1.89 bits per heavy atom. The van der Waals surface area contributed by atoms with Crippen LogP contribution >= 0.6 is 23.4 Å². The van der Waals surface area contributed by atoms with Gasteiger partial charge >= 0.3 is 0 Å². The minimum absolute atomic E-state index is 0.192. The second-order valence-corrected chi connectivity index (χ2v) is 9.74. The second-order valence-electron chi connectivity index (χ2n) is 6.33. The zero-order chi connectivity index (χ0) is 19.7. The predicted molar refractivity (Wildman–Crippen MR) is 108 cm³/mol. The quantitative estimate of drug-likeness (QED) is 0.619. The fourth-order valence-corrected chi connectivity index (χ4v) is 5.49. The zero-order valence-corrected chi connectivity index (χ0v) is 17.1. The maximum atomic E-state index is 12.6. The first-order valence-corrected chi connectivity index (χ1v) is 11.3.